The highest BCUT2D eigenvalue weighted by Gasteiger charge is 2.22. The Morgan fingerprint density at radius 3 is 2.74 bits per heavy atom. The average Bonchev–Trinajstić information content (AvgIpc) is 3.19. The number of aliphatic imine (C=N–C) groups is 1. The maximum Gasteiger partial charge on any atom is 0.239 e. The van der Waals surface area contributed by atoms with E-state index in [1.807, 2.05) is 6.07 Å². The van der Waals surface area contributed by atoms with Gasteiger partial charge in [0.25, 0.3) is 0 Å². The number of nitrogens with one attached hydrogen (secondary N) is 2. The minimum absolute atomic E-state index is 0. The Labute approximate surface area is 178 Å². The highest BCUT2D eigenvalue weighted by molar-refractivity contribution is 14.0. The second-order valence-corrected chi connectivity index (χ2v) is 6.16. The summed E-state index contributed by atoms with van der Waals surface area (Å²) in [5, 5.41) is 5.93. The lowest BCUT2D eigenvalue weighted by molar-refractivity contribution is -0.120. The molecule has 1 aromatic rings. The van der Waals surface area contributed by atoms with E-state index in [2.05, 4.69) is 20.5 Å². The van der Waals surface area contributed by atoms with Gasteiger partial charge < -0.3 is 29.4 Å². The van der Waals surface area contributed by atoms with Crippen LogP contribution in [0.4, 0.5) is 0 Å². The molecule has 154 valence electrons. The topological polar surface area (TPSA) is 88.3 Å². The van der Waals surface area contributed by atoms with Crippen molar-refractivity contribution in [2.45, 2.75) is 31.9 Å². The summed E-state index contributed by atoms with van der Waals surface area (Å²) in [7, 11) is 3.44. The largest absolute Gasteiger partial charge is 0.467 e. The fourth-order valence-corrected chi connectivity index (χ4v) is 2.84. The van der Waals surface area contributed by atoms with E-state index in [1.54, 1.807) is 26.5 Å². The molecule has 8 nitrogen and oxygen atoms in total. The number of carbonyl (C=O) groups is 1. The fraction of sp³-hybridized carbons (Fsp3) is 0.667. The Balaban J connectivity index is 0.00000364. The van der Waals surface area contributed by atoms with Crippen LogP contribution in [-0.4, -0.2) is 69.9 Å². The molecule has 1 aromatic heterocycles. The van der Waals surface area contributed by atoms with Crippen molar-refractivity contribution in [1.82, 2.24) is 15.5 Å². The number of hydrogen-bond donors (Lipinski definition) is 2. The van der Waals surface area contributed by atoms with Crippen LogP contribution in [0.15, 0.2) is 27.8 Å². The molecule has 1 aliphatic rings. The minimum atomic E-state index is -0.0982. The molecular formula is C18H31IN4O4. The second-order valence-electron chi connectivity index (χ2n) is 6.16. The fourth-order valence-electron chi connectivity index (χ4n) is 2.84. The van der Waals surface area contributed by atoms with Gasteiger partial charge >= 0.3 is 0 Å². The first-order valence-electron chi connectivity index (χ1n) is 9.08. The van der Waals surface area contributed by atoms with Crippen LogP contribution < -0.4 is 10.6 Å². The van der Waals surface area contributed by atoms with Crippen molar-refractivity contribution in [3.05, 3.63) is 24.2 Å². The molecule has 1 aliphatic heterocycles. The quantitative estimate of drug-likeness (QED) is 0.235. The third-order valence-corrected chi connectivity index (χ3v) is 4.25. The average molecular weight is 494 g/mol. The molecule has 27 heavy (non-hydrogen) atoms. The summed E-state index contributed by atoms with van der Waals surface area (Å²) in [6, 6.07) is 3.63. The zero-order valence-electron chi connectivity index (χ0n) is 16.1. The minimum Gasteiger partial charge on any atom is -0.467 e. The standard InChI is InChI=1S/C18H30N4O4.HI/c1-19-18(21-14-17(23)20-13-16-5-3-11-26-16)22-8-6-15(7-9-22)25-12-4-10-24-2;/h3,5,11,15H,4,6-10,12-14H2,1-2H3,(H,19,21)(H,20,23);1H. The molecular weight excluding hydrogens is 463 g/mol. The van der Waals surface area contributed by atoms with Crippen molar-refractivity contribution in [2.75, 3.05) is 47.0 Å². The predicted molar refractivity (Wildman–Crippen MR) is 114 cm³/mol. The Morgan fingerprint density at radius 2 is 2.11 bits per heavy atom. The van der Waals surface area contributed by atoms with Gasteiger partial charge in [-0.3, -0.25) is 9.79 Å². The van der Waals surface area contributed by atoms with Gasteiger partial charge in [0.1, 0.15) is 5.76 Å². The Morgan fingerprint density at radius 1 is 1.33 bits per heavy atom. The highest BCUT2D eigenvalue weighted by atomic mass is 127. The molecule has 0 saturated carbocycles. The summed E-state index contributed by atoms with van der Waals surface area (Å²) in [6.45, 7) is 3.77. The molecule has 1 saturated heterocycles. The first-order valence-corrected chi connectivity index (χ1v) is 9.08. The molecule has 1 fully saturated rings. The predicted octanol–water partition coefficient (Wildman–Crippen LogP) is 1.61. The van der Waals surface area contributed by atoms with Gasteiger partial charge in [0.2, 0.25) is 5.91 Å². The van der Waals surface area contributed by atoms with Crippen molar-refractivity contribution in [2.24, 2.45) is 4.99 Å². The normalized spacial score (nSPS) is 15.3. The van der Waals surface area contributed by atoms with Gasteiger partial charge in [-0.25, -0.2) is 0 Å². The van der Waals surface area contributed by atoms with E-state index >= 15 is 0 Å². The number of rotatable bonds is 9. The smallest absolute Gasteiger partial charge is 0.239 e. The van der Waals surface area contributed by atoms with E-state index in [0.717, 1.165) is 57.3 Å². The van der Waals surface area contributed by atoms with E-state index in [9.17, 15) is 4.79 Å². The molecule has 2 rings (SSSR count). The molecule has 1 amide bonds. The van der Waals surface area contributed by atoms with Gasteiger partial charge in [0.15, 0.2) is 5.96 Å². The summed E-state index contributed by atoms with van der Waals surface area (Å²) in [4.78, 5) is 18.4. The lowest BCUT2D eigenvalue weighted by Gasteiger charge is -2.34. The van der Waals surface area contributed by atoms with Gasteiger partial charge in [0.05, 0.1) is 25.5 Å². The van der Waals surface area contributed by atoms with E-state index in [4.69, 9.17) is 13.9 Å². The number of carbonyl (C=O) groups excluding carboxylic acids is 1. The van der Waals surface area contributed by atoms with Crippen molar-refractivity contribution in [3.63, 3.8) is 0 Å². The SMILES string of the molecule is CN=C(NCC(=O)NCc1ccco1)N1CCC(OCCCOC)CC1.I. The molecule has 9 heteroatoms. The van der Waals surface area contributed by atoms with Crippen LogP contribution in [0.1, 0.15) is 25.0 Å². The van der Waals surface area contributed by atoms with Crippen LogP contribution in [0.3, 0.4) is 0 Å². The molecule has 0 radical (unpaired) electrons. The van der Waals surface area contributed by atoms with Crippen molar-refractivity contribution in [3.8, 4) is 0 Å². The molecule has 0 atom stereocenters. The van der Waals surface area contributed by atoms with E-state index in [1.165, 1.54) is 0 Å². The van der Waals surface area contributed by atoms with Crippen LogP contribution in [-0.2, 0) is 20.8 Å². The van der Waals surface area contributed by atoms with Crippen LogP contribution in [0.5, 0.6) is 0 Å². The number of nitrogens with zero attached hydrogens (tertiary/aromatic N) is 2. The molecule has 0 aromatic carbocycles. The molecule has 2 heterocycles. The summed E-state index contributed by atoms with van der Waals surface area (Å²) < 4.78 is 16.1. The third kappa shape index (κ3) is 8.93. The lowest BCUT2D eigenvalue weighted by atomic mass is 10.1. The second kappa shape index (κ2) is 13.8. The Kier molecular flexibility index (Phi) is 12.1. The number of furan rings is 1. The highest BCUT2D eigenvalue weighted by Crippen LogP contribution is 2.14. The van der Waals surface area contributed by atoms with Gasteiger partial charge in [-0.15, -0.1) is 24.0 Å². The Bertz CT molecular complexity index is 546. The van der Waals surface area contributed by atoms with E-state index in [0.29, 0.717) is 6.54 Å². The number of guanidine groups is 1. The van der Waals surface area contributed by atoms with Gasteiger partial charge in [-0.2, -0.15) is 0 Å². The lowest BCUT2D eigenvalue weighted by Crippen LogP contribution is -2.49. The monoisotopic (exact) mass is 494 g/mol. The van der Waals surface area contributed by atoms with E-state index in [-0.39, 0.29) is 42.5 Å². The zero-order valence-corrected chi connectivity index (χ0v) is 18.4. The molecule has 0 bridgehead atoms. The maximum absolute atomic E-state index is 11.9. The van der Waals surface area contributed by atoms with Crippen LogP contribution in [0, 0.1) is 0 Å². The summed E-state index contributed by atoms with van der Waals surface area (Å²) in [5.41, 5.74) is 0. The number of amides is 1. The van der Waals surface area contributed by atoms with Crippen molar-refractivity contribution >= 4 is 35.8 Å². The van der Waals surface area contributed by atoms with E-state index < -0.39 is 0 Å². The number of piperidine rings is 1. The van der Waals surface area contributed by atoms with Crippen molar-refractivity contribution < 1.29 is 18.7 Å². The first-order chi connectivity index (χ1) is 12.7. The molecule has 0 spiro atoms. The number of hydrogen-bond acceptors (Lipinski definition) is 5. The van der Waals surface area contributed by atoms with Crippen molar-refractivity contribution in [1.29, 1.82) is 0 Å². The zero-order chi connectivity index (χ0) is 18.6. The van der Waals surface area contributed by atoms with Crippen LogP contribution >= 0.6 is 24.0 Å². The van der Waals surface area contributed by atoms with Crippen LogP contribution in [0.25, 0.3) is 0 Å². The number of ether oxygens (including phenoxy) is 2. The number of methoxy groups -OCH3 is 1. The van der Waals surface area contributed by atoms with Gasteiger partial charge in [-0.05, 0) is 31.4 Å². The number of likely N-dealkylation sites (tertiary alicyclic amines) is 1. The first kappa shape index (κ1) is 23.7. The third-order valence-electron chi connectivity index (χ3n) is 4.25. The molecule has 0 unspecified atom stereocenters. The molecule has 2 N–H and O–H groups in total. The summed E-state index contributed by atoms with van der Waals surface area (Å²) in [5.74, 6) is 1.38. The summed E-state index contributed by atoms with van der Waals surface area (Å²) in [6.07, 6.45) is 4.72. The Hall–Kier alpha value is -1.33. The molecule has 0 aliphatic carbocycles. The maximum atomic E-state index is 11.9. The number of halogens is 1. The van der Waals surface area contributed by atoms with Crippen LogP contribution in [0.2, 0.25) is 0 Å². The summed E-state index contributed by atoms with van der Waals surface area (Å²) >= 11 is 0. The van der Waals surface area contributed by atoms with Gasteiger partial charge in [-0.1, -0.05) is 0 Å². The van der Waals surface area contributed by atoms with Gasteiger partial charge in [0, 0.05) is 40.5 Å².